The summed E-state index contributed by atoms with van der Waals surface area (Å²) in [6.07, 6.45) is 0. The normalized spacial score (nSPS) is 11.3. The van der Waals surface area contributed by atoms with Gasteiger partial charge in [0.1, 0.15) is 6.04 Å². The van der Waals surface area contributed by atoms with E-state index in [0.717, 1.165) is 0 Å². The SMILES string of the molecule is CNC(=O)c1ccc(NC(=O)[C@@H](C)NC(N)=O)cc1. The molecule has 0 saturated carbocycles. The molecule has 1 atom stereocenters. The van der Waals surface area contributed by atoms with Gasteiger partial charge in [0.2, 0.25) is 5.91 Å². The first-order valence-electron chi connectivity index (χ1n) is 5.63. The molecule has 7 heteroatoms. The number of primary amides is 1. The van der Waals surface area contributed by atoms with E-state index in [0.29, 0.717) is 11.3 Å². The monoisotopic (exact) mass is 264 g/mol. The Morgan fingerprint density at radius 2 is 1.74 bits per heavy atom. The Morgan fingerprint density at radius 1 is 1.16 bits per heavy atom. The van der Waals surface area contributed by atoms with Gasteiger partial charge in [-0.15, -0.1) is 0 Å². The number of hydrogen-bond donors (Lipinski definition) is 4. The zero-order valence-corrected chi connectivity index (χ0v) is 10.7. The Balaban J connectivity index is 2.65. The standard InChI is InChI=1S/C12H16N4O3/c1-7(15-12(13)19)10(17)16-9-5-3-8(4-6-9)11(18)14-2/h3-7H,1-2H3,(H,14,18)(H,16,17)(H3,13,15,19)/t7-/m1/s1. The summed E-state index contributed by atoms with van der Waals surface area (Å²) in [5, 5.41) is 7.35. The van der Waals surface area contributed by atoms with Gasteiger partial charge in [0.15, 0.2) is 0 Å². The quantitative estimate of drug-likeness (QED) is 0.615. The molecule has 102 valence electrons. The van der Waals surface area contributed by atoms with Gasteiger partial charge in [-0.3, -0.25) is 9.59 Å². The fourth-order valence-corrected chi connectivity index (χ4v) is 1.38. The van der Waals surface area contributed by atoms with Crippen LogP contribution in [0.1, 0.15) is 17.3 Å². The lowest BCUT2D eigenvalue weighted by Crippen LogP contribution is -2.44. The number of rotatable bonds is 4. The van der Waals surface area contributed by atoms with Crippen molar-refractivity contribution in [1.29, 1.82) is 0 Å². The van der Waals surface area contributed by atoms with Gasteiger partial charge in [0.05, 0.1) is 0 Å². The van der Waals surface area contributed by atoms with Gasteiger partial charge in [-0.05, 0) is 31.2 Å². The summed E-state index contributed by atoms with van der Waals surface area (Å²) in [6, 6.07) is 4.86. The Bertz CT molecular complexity index is 484. The third-order valence-electron chi connectivity index (χ3n) is 2.39. The molecule has 0 aliphatic carbocycles. The maximum atomic E-state index is 11.7. The number of anilines is 1. The summed E-state index contributed by atoms with van der Waals surface area (Å²) in [7, 11) is 1.54. The number of carbonyl (C=O) groups excluding carboxylic acids is 3. The van der Waals surface area contributed by atoms with Crippen molar-refractivity contribution in [3.05, 3.63) is 29.8 Å². The highest BCUT2D eigenvalue weighted by atomic mass is 16.2. The van der Waals surface area contributed by atoms with Crippen LogP contribution in [0.4, 0.5) is 10.5 Å². The van der Waals surface area contributed by atoms with Crippen LogP contribution in [0.2, 0.25) is 0 Å². The van der Waals surface area contributed by atoms with Crippen LogP contribution in [0.5, 0.6) is 0 Å². The molecule has 0 aromatic heterocycles. The highest BCUT2D eigenvalue weighted by molar-refractivity contribution is 5.98. The minimum absolute atomic E-state index is 0.207. The molecule has 19 heavy (non-hydrogen) atoms. The number of hydrogen-bond acceptors (Lipinski definition) is 3. The number of nitrogens with two attached hydrogens (primary N) is 1. The summed E-state index contributed by atoms with van der Waals surface area (Å²) >= 11 is 0. The molecule has 1 aromatic rings. The van der Waals surface area contributed by atoms with Crippen molar-refractivity contribution >= 4 is 23.5 Å². The molecule has 0 unspecified atom stereocenters. The molecule has 0 spiro atoms. The molecule has 7 nitrogen and oxygen atoms in total. The number of carbonyl (C=O) groups is 3. The third kappa shape index (κ3) is 4.30. The lowest BCUT2D eigenvalue weighted by atomic mass is 10.2. The van der Waals surface area contributed by atoms with E-state index < -0.39 is 18.0 Å². The maximum absolute atomic E-state index is 11.7. The molecule has 0 saturated heterocycles. The lowest BCUT2D eigenvalue weighted by molar-refractivity contribution is -0.117. The molecule has 0 bridgehead atoms. The summed E-state index contributed by atoms with van der Waals surface area (Å²) < 4.78 is 0. The summed E-state index contributed by atoms with van der Waals surface area (Å²) in [5.74, 6) is -0.604. The molecule has 4 amide bonds. The molecule has 1 rings (SSSR count). The molecule has 0 fully saturated rings. The van der Waals surface area contributed by atoms with Gasteiger partial charge in [-0.25, -0.2) is 4.79 Å². The van der Waals surface area contributed by atoms with E-state index in [1.807, 2.05) is 0 Å². The fourth-order valence-electron chi connectivity index (χ4n) is 1.38. The van der Waals surface area contributed by atoms with Gasteiger partial charge in [0.25, 0.3) is 5.91 Å². The van der Waals surface area contributed by atoms with Crippen LogP contribution in [0.3, 0.4) is 0 Å². The number of amides is 4. The van der Waals surface area contributed by atoms with E-state index in [1.165, 1.54) is 14.0 Å². The van der Waals surface area contributed by atoms with E-state index in [4.69, 9.17) is 5.73 Å². The number of urea groups is 1. The average Bonchev–Trinajstić information content (AvgIpc) is 2.37. The van der Waals surface area contributed by atoms with Crippen molar-refractivity contribution in [3.63, 3.8) is 0 Å². The zero-order valence-electron chi connectivity index (χ0n) is 10.7. The second kappa shape index (κ2) is 6.39. The molecule has 0 aliphatic heterocycles. The highest BCUT2D eigenvalue weighted by Gasteiger charge is 2.14. The molecular weight excluding hydrogens is 248 g/mol. The summed E-state index contributed by atoms with van der Waals surface area (Å²) in [5.41, 5.74) is 5.93. The van der Waals surface area contributed by atoms with E-state index >= 15 is 0 Å². The first kappa shape index (κ1) is 14.5. The Kier molecular flexibility index (Phi) is 4.87. The van der Waals surface area contributed by atoms with Crippen LogP contribution in [0, 0.1) is 0 Å². The van der Waals surface area contributed by atoms with Crippen molar-refractivity contribution < 1.29 is 14.4 Å². The second-order valence-electron chi connectivity index (χ2n) is 3.88. The van der Waals surface area contributed by atoms with E-state index in [1.54, 1.807) is 24.3 Å². The lowest BCUT2D eigenvalue weighted by Gasteiger charge is -2.12. The Hall–Kier alpha value is -2.57. The predicted octanol–water partition coefficient (Wildman–Crippen LogP) is 0.0415. The highest BCUT2D eigenvalue weighted by Crippen LogP contribution is 2.09. The van der Waals surface area contributed by atoms with Crippen molar-refractivity contribution in [2.24, 2.45) is 5.73 Å². The Labute approximate surface area is 110 Å². The van der Waals surface area contributed by atoms with Gasteiger partial charge in [0, 0.05) is 18.3 Å². The van der Waals surface area contributed by atoms with Crippen LogP contribution in [0.15, 0.2) is 24.3 Å². The topological polar surface area (TPSA) is 113 Å². The first-order chi connectivity index (χ1) is 8.93. The van der Waals surface area contributed by atoms with Gasteiger partial charge in [-0.2, -0.15) is 0 Å². The van der Waals surface area contributed by atoms with Gasteiger partial charge in [-0.1, -0.05) is 0 Å². The van der Waals surface area contributed by atoms with Crippen LogP contribution in [0.25, 0.3) is 0 Å². The molecular formula is C12H16N4O3. The van der Waals surface area contributed by atoms with Crippen LogP contribution < -0.4 is 21.7 Å². The minimum Gasteiger partial charge on any atom is -0.355 e. The average molecular weight is 264 g/mol. The van der Waals surface area contributed by atoms with Crippen molar-refractivity contribution in [1.82, 2.24) is 10.6 Å². The maximum Gasteiger partial charge on any atom is 0.312 e. The zero-order chi connectivity index (χ0) is 14.4. The van der Waals surface area contributed by atoms with E-state index in [9.17, 15) is 14.4 Å². The van der Waals surface area contributed by atoms with Gasteiger partial charge < -0.3 is 21.7 Å². The van der Waals surface area contributed by atoms with Gasteiger partial charge >= 0.3 is 6.03 Å². The molecule has 0 heterocycles. The summed E-state index contributed by atoms with van der Waals surface area (Å²) in [6.45, 7) is 1.51. The fraction of sp³-hybridized carbons (Fsp3) is 0.250. The molecule has 1 aromatic carbocycles. The smallest absolute Gasteiger partial charge is 0.312 e. The van der Waals surface area contributed by atoms with E-state index in [-0.39, 0.29) is 5.91 Å². The third-order valence-corrected chi connectivity index (χ3v) is 2.39. The second-order valence-corrected chi connectivity index (χ2v) is 3.88. The van der Waals surface area contributed by atoms with Crippen LogP contribution in [-0.2, 0) is 4.79 Å². The molecule has 5 N–H and O–H groups in total. The largest absolute Gasteiger partial charge is 0.355 e. The molecule has 0 radical (unpaired) electrons. The number of nitrogens with one attached hydrogen (secondary N) is 3. The molecule has 0 aliphatic rings. The minimum atomic E-state index is -0.766. The predicted molar refractivity (Wildman–Crippen MR) is 70.6 cm³/mol. The Morgan fingerprint density at radius 3 is 2.21 bits per heavy atom. The van der Waals surface area contributed by atoms with Crippen molar-refractivity contribution in [2.45, 2.75) is 13.0 Å². The van der Waals surface area contributed by atoms with E-state index in [2.05, 4.69) is 16.0 Å². The summed E-state index contributed by atoms with van der Waals surface area (Å²) in [4.78, 5) is 33.6. The van der Waals surface area contributed by atoms with Crippen molar-refractivity contribution in [3.8, 4) is 0 Å². The van der Waals surface area contributed by atoms with Crippen LogP contribution in [-0.4, -0.2) is 30.9 Å². The number of benzene rings is 1. The van der Waals surface area contributed by atoms with Crippen LogP contribution >= 0.6 is 0 Å². The first-order valence-corrected chi connectivity index (χ1v) is 5.63. The van der Waals surface area contributed by atoms with Crippen molar-refractivity contribution in [2.75, 3.05) is 12.4 Å².